The molecule has 0 saturated carbocycles. The number of quaternary nitrogens is 1. The van der Waals surface area contributed by atoms with Crippen LogP contribution in [-0.2, 0) is 32.7 Å². The van der Waals surface area contributed by atoms with Gasteiger partial charge >= 0.3 is 19.8 Å². The van der Waals surface area contributed by atoms with Crippen LogP contribution in [0.5, 0.6) is 0 Å². The van der Waals surface area contributed by atoms with Gasteiger partial charge in [0.1, 0.15) is 19.8 Å². The van der Waals surface area contributed by atoms with Gasteiger partial charge in [-0.05, 0) is 141 Å². The molecule has 2 atom stereocenters. The molecule has 0 radical (unpaired) electrons. The van der Waals surface area contributed by atoms with Crippen molar-refractivity contribution in [3.8, 4) is 0 Å². The Morgan fingerprint density at radius 3 is 0.880 bits per heavy atom. The summed E-state index contributed by atoms with van der Waals surface area (Å²) in [6, 6.07) is 0. The number of allylic oxidation sites excluding steroid dienone is 32. The zero-order valence-electron chi connectivity index (χ0n) is 59.0. The number of hydrogen-bond acceptors (Lipinski definition) is 7. The third-order valence-electron chi connectivity index (χ3n) is 14.6. The summed E-state index contributed by atoms with van der Waals surface area (Å²) in [6.07, 6.45) is 110. The number of nitrogens with zero attached hydrogens (tertiary/aromatic N) is 1. The molecule has 518 valence electrons. The van der Waals surface area contributed by atoms with E-state index in [2.05, 4.69) is 208 Å². The fraction of sp³-hybridized carbons (Fsp3) is 0.585. The Kier molecular flexibility index (Phi) is 66.2. The second-order valence-corrected chi connectivity index (χ2v) is 26.0. The molecule has 0 fully saturated rings. The molecular weight excluding hydrogens is 1160 g/mol. The number of esters is 2. The largest absolute Gasteiger partial charge is 0.472 e. The van der Waals surface area contributed by atoms with Gasteiger partial charge in [0.2, 0.25) is 0 Å². The molecule has 10 heteroatoms. The summed E-state index contributed by atoms with van der Waals surface area (Å²) < 4.78 is 34.7. The van der Waals surface area contributed by atoms with Crippen molar-refractivity contribution in [2.24, 2.45) is 0 Å². The second-order valence-electron chi connectivity index (χ2n) is 24.5. The number of unbranched alkanes of at least 4 members (excludes halogenated alkanes) is 18. The number of hydrogen-bond donors (Lipinski definition) is 1. The minimum atomic E-state index is -4.42. The van der Waals surface area contributed by atoms with Crippen LogP contribution in [-0.4, -0.2) is 74.9 Å². The SMILES string of the molecule is CC/C=C\C/C=C\C/C=C\C/C=C\C/C=C\C/C=C\C/C=C\C/C=C\C/C=C\C/C=C\C/C=C\CCCCCC(=O)OC(COC(=O)CCCCCCCCCCCCCCCCC/C=C\C/C=C\C/C=C\C/C=C\C/C=C\CC)COP(=O)(O)OCC[N+](C)(C)C. The van der Waals surface area contributed by atoms with Gasteiger partial charge in [0.25, 0.3) is 0 Å². The molecule has 0 aliphatic carbocycles. The molecule has 0 amide bonds. The average molecular weight is 1290 g/mol. The summed E-state index contributed by atoms with van der Waals surface area (Å²) in [7, 11) is 1.43. The summed E-state index contributed by atoms with van der Waals surface area (Å²) in [5, 5.41) is 0. The molecule has 0 aromatic rings. The van der Waals surface area contributed by atoms with Crippen molar-refractivity contribution in [2.75, 3.05) is 47.5 Å². The molecular formula is C82H133NO8P+. The summed E-state index contributed by atoms with van der Waals surface area (Å²) >= 11 is 0. The molecule has 0 heterocycles. The van der Waals surface area contributed by atoms with Crippen molar-refractivity contribution >= 4 is 19.8 Å². The van der Waals surface area contributed by atoms with Crippen LogP contribution >= 0.6 is 7.82 Å². The highest BCUT2D eigenvalue weighted by molar-refractivity contribution is 7.47. The monoisotopic (exact) mass is 1290 g/mol. The van der Waals surface area contributed by atoms with Crippen molar-refractivity contribution in [1.29, 1.82) is 0 Å². The molecule has 9 nitrogen and oxygen atoms in total. The van der Waals surface area contributed by atoms with Gasteiger partial charge in [-0.2, -0.15) is 0 Å². The minimum absolute atomic E-state index is 0.0149. The van der Waals surface area contributed by atoms with Gasteiger partial charge in [0.05, 0.1) is 27.7 Å². The van der Waals surface area contributed by atoms with Crippen LogP contribution < -0.4 is 0 Å². The Balaban J connectivity index is 4.18. The molecule has 0 spiro atoms. The van der Waals surface area contributed by atoms with Gasteiger partial charge in [-0.15, -0.1) is 0 Å². The molecule has 1 N–H and O–H groups in total. The number of rotatable bonds is 64. The smallest absolute Gasteiger partial charge is 0.462 e. The standard InChI is InChI=1S/C82H132NO8P/c1-6-8-10-12-14-16-18-20-22-24-26-28-30-32-34-36-38-39-40-41-42-43-45-47-49-51-53-55-57-59-61-63-65-67-69-71-73-75-82(85)91-80(79-90-92(86,87)89-77-76-83(3,4)5)78-88-81(84)74-72-70-68-66-64-62-60-58-56-54-52-50-48-46-44-37-35-33-31-29-27-25-23-21-19-17-15-13-11-9-7-2/h8-11,14-17,20-23,26-29,32-35,38-39,41-42,45,47,51,53,57,59,63,65,80H,6-7,12-13,18-19,24-25,30-31,36-37,40,43-44,46,48-50,52,54-56,58,60-62,64,66-79H2,1-5H3/p+1/b10-8-,11-9-,16-14-,17-15-,22-20-,23-21-,28-26-,29-27-,34-32-,35-33-,39-38-,42-41-,47-45-,53-51-,59-57-,65-63-. The molecule has 0 aliphatic rings. The van der Waals surface area contributed by atoms with Crippen molar-refractivity contribution in [3.05, 3.63) is 194 Å². The number of ether oxygens (including phenoxy) is 2. The van der Waals surface area contributed by atoms with E-state index in [1.54, 1.807) is 0 Å². The first-order valence-corrected chi connectivity index (χ1v) is 37.7. The molecule has 0 aliphatic heterocycles. The van der Waals surface area contributed by atoms with Crippen molar-refractivity contribution in [1.82, 2.24) is 0 Å². The highest BCUT2D eigenvalue weighted by atomic mass is 31.2. The first-order chi connectivity index (χ1) is 45.0. The average Bonchev–Trinajstić information content (AvgIpc) is 2.34. The van der Waals surface area contributed by atoms with Crippen molar-refractivity contribution in [3.63, 3.8) is 0 Å². The second kappa shape index (κ2) is 70.2. The number of likely N-dealkylation sites (N-methyl/N-ethyl adjacent to an activating group) is 1. The van der Waals surface area contributed by atoms with Crippen LogP contribution in [0.4, 0.5) is 0 Å². The van der Waals surface area contributed by atoms with E-state index in [1.807, 2.05) is 21.1 Å². The van der Waals surface area contributed by atoms with Crippen LogP contribution in [0.2, 0.25) is 0 Å². The van der Waals surface area contributed by atoms with Gasteiger partial charge in [-0.25, -0.2) is 4.57 Å². The maximum Gasteiger partial charge on any atom is 0.472 e. The quantitative estimate of drug-likeness (QED) is 0.0211. The van der Waals surface area contributed by atoms with Crippen LogP contribution in [0.3, 0.4) is 0 Å². The van der Waals surface area contributed by atoms with Gasteiger partial charge in [0, 0.05) is 12.8 Å². The lowest BCUT2D eigenvalue weighted by Crippen LogP contribution is -2.37. The van der Waals surface area contributed by atoms with Gasteiger partial charge in [-0.3, -0.25) is 18.6 Å². The third-order valence-corrected chi connectivity index (χ3v) is 15.6. The molecule has 2 unspecified atom stereocenters. The zero-order chi connectivity index (χ0) is 66.9. The van der Waals surface area contributed by atoms with E-state index in [0.717, 1.165) is 141 Å². The number of phosphoric acid groups is 1. The van der Waals surface area contributed by atoms with E-state index < -0.39 is 26.5 Å². The number of phosphoric ester groups is 1. The van der Waals surface area contributed by atoms with Gasteiger partial charge in [0.15, 0.2) is 6.10 Å². The Bertz CT molecular complexity index is 2260. The topological polar surface area (TPSA) is 108 Å². The lowest BCUT2D eigenvalue weighted by atomic mass is 10.0. The minimum Gasteiger partial charge on any atom is -0.462 e. The number of carbonyl (C=O) groups excluding carboxylic acids is 2. The fourth-order valence-corrected chi connectivity index (χ4v) is 9.91. The fourth-order valence-electron chi connectivity index (χ4n) is 9.16. The van der Waals surface area contributed by atoms with Crippen LogP contribution in [0.15, 0.2) is 194 Å². The Morgan fingerprint density at radius 2 is 0.587 bits per heavy atom. The summed E-state index contributed by atoms with van der Waals surface area (Å²) in [5.41, 5.74) is 0. The van der Waals surface area contributed by atoms with Crippen molar-refractivity contribution < 1.29 is 42.1 Å². The Labute approximate surface area is 564 Å². The predicted molar refractivity (Wildman–Crippen MR) is 399 cm³/mol. The lowest BCUT2D eigenvalue weighted by Gasteiger charge is -2.24. The maximum absolute atomic E-state index is 12.9. The Morgan fingerprint density at radius 1 is 0.337 bits per heavy atom. The summed E-state index contributed by atoms with van der Waals surface area (Å²) in [5.74, 6) is -0.846. The molecule has 0 rings (SSSR count). The summed E-state index contributed by atoms with van der Waals surface area (Å²) in [4.78, 5) is 35.9. The highest BCUT2D eigenvalue weighted by Gasteiger charge is 2.27. The van der Waals surface area contributed by atoms with Crippen LogP contribution in [0.1, 0.15) is 258 Å². The van der Waals surface area contributed by atoms with E-state index in [0.29, 0.717) is 17.4 Å². The maximum atomic E-state index is 12.9. The van der Waals surface area contributed by atoms with Gasteiger partial charge < -0.3 is 18.9 Å². The van der Waals surface area contributed by atoms with Gasteiger partial charge in [-0.1, -0.05) is 298 Å². The van der Waals surface area contributed by atoms with Crippen LogP contribution in [0.25, 0.3) is 0 Å². The molecule has 92 heavy (non-hydrogen) atoms. The zero-order valence-corrected chi connectivity index (χ0v) is 59.8. The van der Waals surface area contributed by atoms with E-state index >= 15 is 0 Å². The first kappa shape index (κ1) is 86.9. The predicted octanol–water partition coefficient (Wildman–Crippen LogP) is 24.0. The van der Waals surface area contributed by atoms with E-state index in [4.69, 9.17) is 18.5 Å². The molecule has 0 saturated heterocycles. The molecule has 0 aromatic heterocycles. The summed E-state index contributed by atoms with van der Waals surface area (Å²) in [6.45, 7) is 4.15. The van der Waals surface area contributed by atoms with E-state index in [1.165, 1.54) is 83.5 Å². The van der Waals surface area contributed by atoms with E-state index in [9.17, 15) is 19.0 Å². The Hall–Kier alpha value is -5.15. The van der Waals surface area contributed by atoms with E-state index in [-0.39, 0.29) is 32.0 Å². The lowest BCUT2D eigenvalue weighted by molar-refractivity contribution is -0.870. The normalized spacial score (nSPS) is 14.3. The number of carbonyl (C=O) groups is 2. The first-order valence-electron chi connectivity index (χ1n) is 36.2. The third kappa shape index (κ3) is 73.9. The molecule has 0 aromatic carbocycles. The van der Waals surface area contributed by atoms with Crippen LogP contribution in [0, 0.1) is 0 Å². The highest BCUT2D eigenvalue weighted by Crippen LogP contribution is 2.43. The van der Waals surface area contributed by atoms with Crippen molar-refractivity contribution in [2.45, 2.75) is 264 Å². The molecule has 0 bridgehead atoms.